The molecule has 0 aliphatic carbocycles. The van der Waals surface area contributed by atoms with E-state index in [2.05, 4.69) is 51.1 Å². The topological polar surface area (TPSA) is 131 Å². The molecule has 0 N–H and O–H groups in total. The highest BCUT2D eigenvalue weighted by Crippen LogP contribution is 2.29. The van der Waals surface area contributed by atoms with Gasteiger partial charge in [-0.2, -0.15) is 0 Å². The molecule has 7 heterocycles. The second kappa shape index (κ2) is 21.1. The Labute approximate surface area is 379 Å². The summed E-state index contributed by atoms with van der Waals surface area (Å²) in [6.45, 7) is 14.1. The van der Waals surface area contributed by atoms with Crippen molar-refractivity contribution in [2.45, 2.75) is 52.6 Å². The maximum absolute atomic E-state index is 14.2. The first-order chi connectivity index (χ1) is 31.2. The molecule has 9 rings (SSSR count). The molecule has 64 heavy (non-hydrogen) atoms. The molecule has 338 valence electrons. The Kier molecular flexibility index (Phi) is 14.9. The molecule has 0 radical (unpaired) electrons. The van der Waals surface area contributed by atoms with Gasteiger partial charge in [-0.1, -0.05) is 17.3 Å². The van der Waals surface area contributed by atoms with Crippen LogP contribution in [0.25, 0.3) is 33.5 Å². The summed E-state index contributed by atoms with van der Waals surface area (Å²) >= 11 is 3.48. The summed E-state index contributed by atoms with van der Waals surface area (Å²) in [5, 5.41) is 4.08. The lowest BCUT2D eigenvalue weighted by Crippen LogP contribution is -2.38. The van der Waals surface area contributed by atoms with Gasteiger partial charge in [0.2, 0.25) is 0 Å². The SMILES string of the molecule is COc1ccc(CCc2nc3cc(-c4c(C)noc4C)cnc3n2CCN2CCOCC2)cc1F.COc1ccc(CCc2nc3cc(Br)cnc3n2CCN2CCOCC2)cc1F. The molecule has 17 heteroatoms. The van der Waals surface area contributed by atoms with Crippen molar-refractivity contribution in [3.05, 3.63) is 111 Å². The molecule has 0 bridgehead atoms. The number of morpholine rings is 2. The number of methoxy groups -OCH3 is 2. The van der Waals surface area contributed by atoms with Crippen LogP contribution in [0.2, 0.25) is 0 Å². The van der Waals surface area contributed by atoms with Crippen molar-refractivity contribution < 1.29 is 32.3 Å². The van der Waals surface area contributed by atoms with E-state index in [0.717, 1.165) is 151 Å². The van der Waals surface area contributed by atoms with Crippen LogP contribution in [0.1, 0.15) is 34.2 Å². The lowest BCUT2D eigenvalue weighted by Gasteiger charge is -2.26. The number of pyridine rings is 2. The van der Waals surface area contributed by atoms with E-state index in [1.807, 2.05) is 38.2 Å². The van der Waals surface area contributed by atoms with Gasteiger partial charge in [-0.05, 0) is 90.1 Å². The summed E-state index contributed by atoms with van der Waals surface area (Å²) < 4.78 is 59.9. The molecule has 14 nitrogen and oxygen atoms in total. The summed E-state index contributed by atoms with van der Waals surface area (Å²) in [7, 11) is 2.94. The summed E-state index contributed by atoms with van der Waals surface area (Å²) in [5.74, 6) is 2.50. The van der Waals surface area contributed by atoms with Crippen molar-refractivity contribution in [1.29, 1.82) is 0 Å². The Bertz CT molecular complexity index is 2660. The van der Waals surface area contributed by atoms with E-state index in [4.69, 9.17) is 38.4 Å². The molecule has 2 aromatic carbocycles. The zero-order valence-electron chi connectivity index (χ0n) is 36.8. The van der Waals surface area contributed by atoms with Crippen LogP contribution in [0.5, 0.6) is 11.5 Å². The minimum Gasteiger partial charge on any atom is -0.494 e. The monoisotopic (exact) mass is 941 g/mol. The van der Waals surface area contributed by atoms with Crippen molar-refractivity contribution in [3.8, 4) is 22.6 Å². The third-order valence-electron chi connectivity index (χ3n) is 11.8. The maximum Gasteiger partial charge on any atom is 0.165 e. The van der Waals surface area contributed by atoms with E-state index in [0.29, 0.717) is 25.7 Å². The second-order valence-electron chi connectivity index (χ2n) is 16.0. The minimum atomic E-state index is -0.350. The molecular formula is C47H54BrF2N9O5. The van der Waals surface area contributed by atoms with Gasteiger partial charge in [-0.15, -0.1) is 0 Å². The van der Waals surface area contributed by atoms with E-state index in [9.17, 15) is 8.78 Å². The normalized spacial score (nSPS) is 14.9. The molecule has 5 aromatic heterocycles. The van der Waals surface area contributed by atoms with E-state index in [1.165, 1.54) is 26.4 Å². The average molecular weight is 943 g/mol. The molecule has 2 aliphatic heterocycles. The predicted molar refractivity (Wildman–Crippen MR) is 243 cm³/mol. The summed E-state index contributed by atoms with van der Waals surface area (Å²) in [5.41, 5.74) is 7.99. The van der Waals surface area contributed by atoms with Crippen molar-refractivity contribution in [3.63, 3.8) is 0 Å². The number of halogens is 3. The van der Waals surface area contributed by atoms with Crippen molar-refractivity contribution in [1.82, 2.24) is 44.0 Å². The number of imidazole rings is 2. The summed E-state index contributed by atoms with van der Waals surface area (Å²) in [6, 6.07) is 14.3. The fraction of sp³-hybridized carbons (Fsp3) is 0.426. The van der Waals surface area contributed by atoms with E-state index < -0.39 is 0 Å². The molecule has 0 spiro atoms. The first-order valence-electron chi connectivity index (χ1n) is 21.7. The number of aryl methyl sites for hydroxylation is 6. The Hall–Kier alpha value is -5.33. The average Bonchev–Trinajstić information content (AvgIpc) is 3.97. The van der Waals surface area contributed by atoms with Crippen molar-refractivity contribution >= 4 is 38.3 Å². The lowest BCUT2D eigenvalue weighted by atomic mass is 10.1. The Morgan fingerprint density at radius 3 is 1.61 bits per heavy atom. The van der Waals surface area contributed by atoms with Gasteiger partial charge in [0, 0.05) is 93.2 Å². The Balaban J connectivity index is 0.000000178. The van der Waals surface area contributed by atoms with Gasteiger partial charge in [-0.3, -0.25) is 9.80 Å². The van der Waals surface area contributed by atoms with E-state index in [-0.39, 0.29) is 23.1 Å². The number of ether oxygens (including phenoxy) is 4. The van der Waals surface area contributed by atoms with Crippen LogP contribution in [0.15, 0.2) is 69.9 Å². The highest BCUT2D eigenvalue weighted by atomic mass is 79.9. The zero-order valence-corrected chi connectivity index (χ0v) is 38.4. The Morgan fingerprint density at radius 1 is 0.641 bits per heavy atom. The van der Waals surface area contributed by atoms with Gasteiger partial charge in [0.25, 0.3) is 0 Å². The molecule has 0 atom stereocenters. The first kappa shape index (κ1) is 45.2. The number of fused-ring (bicyclic) bond motifs is 2. The quantitative estimate of drug-likeness (QED) is 0.101. The number of benzene rings is 2. The lowest BCUT2D eigenvalue weighted by molar-refractivity contribution is 0.0363. The summed E-state index contributed by atoms with van der Waals surface area (Å²) in [6.07, 6.45) is 6.42. The fourth-order valence-corrected chi connectivity index (χ4v) is 8.67. The van der Waals surface area contributed by atoms with E-state index >= 15 is 0 Å². The number of nitrogens with zero attached hydrogens (tertiary/aromatic N) is 9. The van der Waals surface area contributed by atoms with Gasteiger partial charge in [-0.25, -0.2) is 28.7 Å². The van der Waals surface area contributed by atoms with Crippen LogP contribution in [-0.2, 0) is 48.2 Å². The largest absolute Gasteiger partial charge is 0.494 e. The molecule has 0 saturated carbocycles. The van der Waals surface area contributed by atoms with Crippen LogP contribution >= 0.6 is 15.9 Å². The maximum atomic E-state index is 14.2. The number of hydrogen-bond donors (Lipinski definition) is 0. The second-order valence-corrected chi connectivity index (χ2v) is 16.9. The van der Waals surface area contributed by atoms with Crippen LogP contribution in [0.4, 0.5) is 8.78 Å². The fourth-order valence-electron chi connectivity index (χ4n) is 8.35. The van der Waals surface area contributed by atoms with Crippen molar-refractivity contribution in [2.24, 2.45) is 0 Å². The van der Waals surface area contributed by atoms with Crippen molar-refractivity contribution in [2.75, 3.05) is 79.9 Å². The molecule has 2 aliphatic rings. The van der Waals surface area contributed by atoms with Crippen LogP contribution in [-0.4, -0.2) is 124 Å². The predicted octanol–water partition coefficient (Wildman–Crippen LogP) is 7.43. The molecule has 0 amide bonds. The molecule has 2 fully saturated rings. The van der Waals surface area contributed by atoms with Gasteiger partial charge in [0.05, 0.1) is 46.3 Å². The highest BCUT2D eigenvalue weighted by Gasteiger charge is 2.20. The third-order valence-corrected chi connectivity index (χ3v) is 12.2. The van der Waals surface area contributed by atoms with Crippen LogP contribution in [0.3, 0.4) is 0 Å². The minimum absolute atomic E-state index is 0.252. The Morgan fingerprint density at radius 2 is 1.14 bits per heavy atom. The van der Waals surface area contributed by atoms with Gasteiger partial charge in [0.15, 0.2) is 34.4 Å². The summed E-state index contributed by atoms with van der Waals surface area (Å²) in [4.78, 5) is 24.0. The number of rotatable bonds is 15. The molecule has 2 saturated heterocycles. The van der Waals surface area contributed by atoms with Crippen LogP contribution in [0, 0.1) is 25.5 Å². The highest BCUT2D eigenvalue weighted by molar-refractivity contribution is 9.10. The molecule has 0 unspecified atom stereocenters. The number of aromatic nitrogens is 7. The zero-order chi connectivity index (χ0) is 44.6. The first-order valence-corrected chi connectivity index (χ1v) is 22.5. The molecule has 7 aromatic rings. The van der Waals surface area contributed by atoms with E-state index in [1.54, 1.807) is 18.3 Å². The standard InChI is InChI=1S/C26H30FN5O3.C21H24BrFN4O2/c1-17-25(18(2)35-30-17)20-15-22-26(28-16-20)32(9-8-31-10-12-34-13-11-31)24(29-22)7-5-19-4-6-23(33-3)21(27)14-19;1-28-19-4-2-15(12-17(19)23)3-5-20-25-18-13-16(22)14-24-21(18)27(20)7-6-26-8-10-29-11-9-26/h4,6,14-16H,5,7-13H2,1-3H3;2,4,12-14H,3,5-11H2,1H3. The molecular weight excluding hydrogens is 888 g/mol. The number of hydrogen-bond acceptors (Lipinski definition) is 12. The van der Waals surface area contributed by atoms with Gasteiger partial charge in [0.1, 0.15) is 28.4 Å². The smallest absolute Gasteiger partial charge is 0.165 e. The van der Waals surface area contributed by atoms with Crippen LogP contribution < -0.4 is 9.47 Å². The van der Waals surface area contributed by atoms with Gasteiger partial charge < -0.3 is 32.6 Å². The van der Waals surface area contributed by atoms with Gasteiger partial charge >= 0.3 is 0 Å². The third kappa shape index (κ3) is 10.8.